The van der Waals surface area contributed by atoms with Crippen LogP contribution in [0.15, 0.2) is 36.5 Å². The van der Waals surface area contributed by atoms with Gasteiger partial charge in [0.1, 0.15) is 0 Å². The van der Waals surface area contributed by atoms with Gasteiger partial charge in [0.2, 0.25) is 6.20 Å². The maximum atomic E-state index is 10.8. The zero-order chi connectivity index (χ0) is 10.1. The van der Waals surface area contributed by atoms with E-state index in [1.165, 1.54) is 12.3 Å². The molecular weight excluding hydrogens is 182 g/mol. The first-order valence-corrected chi connectivity index (χ1v) is 4.06. The second kappa shape index (κ2) is 2.99. The van der Waals surface area contributed by atoms with Crippen molar-refractivity contribution in [2.24, 2.45) is 0 Å². The topological polar surface area (TPSA) is 61.4 Å². The number of hydrogen-bond acceptors (Lipinski definition) is 2. The van der Waals surface area contributed by atoms with Crippen LogP contribution >= 0.6 is 0 Å². The number of pyridine rings is 1. The van der Waals surface area contributed by atoms with Gasteiger partial charge in [0.05, 0.1) is 10.9 Å². The normalized spacial score (nSPS) is 10.3. The van der Waals surface area contributed by atoms with Crippen LogP contribution in [0.5, 0.6) is 0 Å². The van der Waals surface area contributed by atoms with Crippen LogP contribution in [0.1, 0.15) is 10.4 Å². The van der Waals surface area contributed by atoms with Crippen LogP contribution in [-0.2, 0) is 0 Å². The average molecular weight is 190 g/mol. The number of carboxylic acids is 1. The van der Waals surface area contributed by atoms with E-state index >= 15 is 0 Å². The number of para-hydroxylation sites is 1. The molecule has 0 saturated heterocycles. The third-order valence-corrected chi connectivity index (χ3v) is 2.05. The fourth-order valence-corrected chi connectivity index (χ4v) is 1.40. The Morgan fingerprint density at radius 3 is 2.64 bits per heavy atom. The zero-order valence-corrected chi connectivity index (χ0v) is 7.21. The minimum absolute atomic E-state index is 0.186. The van der Waals surface area contributed by atoms with Crippen LogP contribution in [0.4, 0.5) is 0 Å². The molecule has 0 atom stereocenters. The summed E-state index contributed by atoms with van der Waals surface area (Å²) in [5, 5.41) is 18.8. The molecule has 2 aromatic rings. The summed E-state index contributed by atoms with van der Waals surface area (Å²) in [6.45, 7) is 0. The van der Waals surface area contributed by atoms with Crippen molar-refractivity contribution in [3.05, 3.63) is 42.1 Å². The van der Waals surface area contributed by atoms with Crippen LogP contribution in [0.3, 0.4) is 0 Å². The Morgan fingerprint density at radius 2 is 1.93 bits per heavy atom. The second-order valence-electron chi connectivity index (χ2n) is 2.90. The predicted octanol–water partition coefficient (Wildman–Crippen LogP) is 1.06. The quantitative estimate of drug-likeness (QED) is 0.522. The number of fused-ring (bicyclic) bond motifs is 1. The van der Waals surface area contributed by atoms with Crippen LogP contribution in [0, 0.1) is 0 Å². The third kappa shape index (κ3) is 1.17. The maximum absolute atomic E-state index is 10.8. The lowest BCUT2D eigenvalue weighted by Gasteiger charge is -1.97. The summed E-state index contributed by atoms with van der Waals surface area (Å²) < 4.78 is 0.905. The van der Waals surface area contributed by atoms with Crippen molar-refractivity contribution in [2.45, 2.75) is 0 Å². The zero-order valence-electron chi connectivity index (χ0n) is 7.21. The van der Waals surface area contributed by atoms with Crippen molar-refractivity contribution in [3.63, 3.8) is 0 Å². The molecule has 0 bridgehead atoms. The average Bonchev–Trinajstić information content (AvgIpc) is 2.18. The summed E-state index contributed by atoms with van der Waals surface area (Å²) in [4.78, 5) is 10.8. The number of carbonyl (C=O) groups is 1. The molecule has 0 spiro atoms. The van der Waals surface area contributed by atoms with Crippen LogP contribution in [-0.4, -0.2) is 16.3 Å². The van der Waals surface area contributed by atoms with Gasteiger partial charge in [-0.05, 0) is 6.07 Å². The number of aromatic nitrogens is 1. The maximum Gasteiger partial charge on any atom is 0.336 e. The molecule has 4 heteroatoms. The number of carboxylic acid groups (broad SMARTS) is 1. The van der Waals surface area contributed by atoms with Crippen molar-refractivity contribution >= 4 is 16.9 Å². The van der Waals surface area contributed by atoms with Gasteiger partial charge >= 0.3 is 5.97 Å². The summed E-state index contributed by atoms with van der Waals surface area (Å²) in [7, 11) is 0. The smallest absolute Gasteiger partial charge is 0.336 e. The minimum atomic E-state index is -0.998. The van der Waals surface area contributed by atoms with Gasteiger partial charge in [-0.25, -0.2) is 4.79 Å². The Balaban J connectivity index is 2.88. The molecular formula is C10H8NO3+. The van der Waals surface area contributed by atoms with Crippen molar-refractivity contribution in [2.75, 3.05) is 0 Å². The van der Waals surface area contributed by atoms with E-state index in [4.69, 9.17) is 5.11 Å². The minimum Gasteiger partial charge on any atom is -0.478 e. The van der Waals surface area contributed by atoms with Crippen LogP contribution < -0.4 is 4.73 Å². The first-order chi connectivity index (χ1) is 6.70. The fraction of sp³-hybridized carbons (Fsp3) is 0. The van der Waals surface area contributed by atoms with Crippen molar-refractivity contribution < 1.29 is 19.8 Å². The van der Waals surface area contributed by atoms with Gasteiger partial charge in [0, 0.05) is 16.9 Å². The SMILES string of the molecule is O=C(O)c1cc[n+](O)c2ccccc12. The molecule has 14 heavy (non-hydrogen) atoms. The lowest BCUT2D eigenvalue weighted by molar-refractivity contribution is -0.884. The predicted molar refractivity (Wildman–Crippen MR) is 48.3 cm³/mol. The molecule has 0 radical (unpaired) electrons. The lowest BCUT2D eigenvalue weighted by Crippen LogP contribution is -2.30. The van der Waals surface area contributed by atoms with E-state index in [0.717, 1.165) is 4.73 Å². The Morgan fingerprint density at radius 1 is 1.21 bits per heavy atom. The second-order valence-corrected chi connectivity index (χ2v) is 2.90. The van der Waals surface area contributed by atoms with Gasteiger partial charge < -0.3 is 5.11 Å². The molecule has 0 unspecified atom stereocenters. The molecule has 2 N–H and O–H groups in total. The molecule has 2 rings (SSSR count). The summed E-state index contributed by atoms with van der Waals surface area (Å²) in [6.07, 6.45) is 1.31. The van der Waals surface area contributed by atoms with Gasteiger partial charge in [0.15, 0.2) is 0 Å². The largest absolute Gasteiger partial charge is 0.478 e. The molecule has 0 fully saturated rings. The molecule has 0 aliphatic carbocycles. The molecule has 1 heterocycles. The van der Waals surface area contributed by atoms with Crippen molar-refractivity contribution in [1.29, 1.82) is 0 Å². The van der Waals surface area contributed by atoms with Crippen LogP contribution in [0.25, 0.3) is 10.9 Å². The number of aromatic carboxylic acids is 1. The Labute approximate surface area is 79.6 Å². The van der Waals surface area contributed by atoms with Crippen molar-refractivity contribution in [1.82, 2.24) is 0 Å². The molecule has 0 aliphatic rings. The highest BCUT2D eigenvalue weighted by Crippen LogP contribution is 2.14. The monoisotopic (exact) mass is 190 g/mol. The highest BCUT2D eigenvalue weighted by atomic mass is 16.5. The van der Waals surface area contributed by atoms with Gasteiger partial charge in [-0.2, -0.15) is 0 Å². The van der Waals surface area contributed by atoms with Crippen LogP contribution in [0.2, 0.25) is 0 Å². The van der Waals surface area contributed by atoms with E-state index in [9.17, 15) is 10.0 Å². The van der Waals surface area contributed by atoms with Gasteiger partial charge in [-0.3, -0.25) is 5.21 Å². The fourth-order valence-electron chi connectivity index (χ4n) is 1.40. The molecule has 0 aliphatic heterocycles. The van der Waals surface area contributed by atoms with Crippen molar-refractivity contribution in [3.8, 4) is 0 Å². The summed E-state index contributed by atoms with van der Waals surface area (Å²) >= 11 is 0. The molecule has 70 valence electrons. The van der Waals surface area contributed by atoms with Gasteiger partial charge in [-0.15, -0.1) is 0 Å². The summed E-state index contributed by atoms with van der Waals surface area (Å²) in [5.41, 5.74) is 0.665. The van der Waals surface area contributed by atoms with E-state index in [-0.39, 0.29) is 5.56 Å². The van der Waals surface area contributed by atoms with E-state index in [2.05, 4.69) is 0 Å². The first-order valence-electron chi connectivity index (χ1n) is 4.06. The molecule has 0 amide bonds. The Bertz CT molecular complexity index is 508. The molecule has 4 nitrogen and oxygen atoms in total. The van der Waals surface area contributed by atoms with Gasteiger partial charge in [0.25, 0.3) is 5.52 Å². The summed E-state index contributed by atoms with van der Waals surface area (Å²) in [6, 6.07) is 8.15. The number of benzene rings is 1. The third-order valence-electron chi connectivity index (χ3n) is 2.05. The Kier molecular flexibility index (Phi) is 1.81. The Hall–Kier alpha value is -2.10. The number of rotatable bonds is 1. The van der Waals surface area contributed by atoms with E-state index in [1.54, 1.807) is 24.3 Å². The summed E-state index contributed by atoms with van der Waals surface area (Å²) in [5.74, 6) is -0.998. The molecule has 1 aromatic heterocycles. The van der Waals surface area contributed by atoms with E-state index in [0.29, 0.717) is 10.9 Å². The lowest BCUT2D eigenvalue weighted by atomic mass is 10.1. The molecule has 0 saturated carbocycles. The first kappa shape index (κ1) is 8.50. The number of hydrogen-bond donors (Lipinski definition) is 2. The van der Waals surface area contributed by atoms with E-state index in [1.807, 2.05) is 0 Å². The standard InChI is InChI=1S/C10H7NO3/c12-10(13)8-5-6-11(14)9-4-2-1-3-7(8)9/h1-6H,(H-,12,13,14)/p+1. The van der Waals surface area contributed by atoms with Gasteiger partial charge in [-0.1, -0.05) is 12.1 Å². The molecule has 1 aromatic carbocycles. The number of nitrogens with zero attached hydrogens (tertiary/aromatic N) is 1. The highest BCUT2D eigenvalue weighted by Gasteiger charge is 2.15. The highest BCUT2D eigenvalue weighted by molar-refractivity contribution is 6.01. The van der Waals surface area contributed by atoms with E-state index < -0.39 is 5.97 Å².